The van der Waals surface area contributed by atoms with E-state index in [4.69, 9.17) is 18.9 Å². The van der Waals surface area contributed by atoms with E-state index in [1.807, 2.05) is 18.2 Å². The van der Waals surface area contributed by atoms with Gasteiger partial charge in [-0.05, 0) is 36.8 Å². The van der Waals surface area contributed by atoms with Crippen LogP contribution in [0.3, 0.4) is 0 Å². The van der Waals surface area contributed by atoms with Crippen LogP contribution in [-0.4, -0.2) is 66.0 Å². The molecule has 1 aliphatic heterocycles. The maximum Gasteiger partial charge on any atom is 0.359 e. The van der Waals surface area contributed by atoms with Crippen LogP contribution >= 0.6 is 0 Å². The fraction of sp³-hybridized carbons (Fsp3) is 0.385. The largest absolute Gasteiger partial charge is 0.493 e. The number of esters is 1. The molecule has 0 unspecified atom stereocenters. The van der Waals surface area contributed by atoms with Crippen molar-refractivity contribution in [1.29, 1.82) is 0 Å². The summed E-state index contributed by atoms with van der Waals surface area (Å²) in [4.78, 5) is 32.1. The van der Waals surface area contributed by atoms with Gasteiger partial charge in [0.05, 0.1) is 46.6 Å². The Morgan fingerprint density at radius 2 is 1.81 bits per heavy atom. The zero-order valence-electron chi connectivity index (χ0n) is 20.9. The zero-order chi connectivity index (χ0) is 25.7. The quantitative estimate of drug-likeness (QED) is 0.418. The standard InChI is InChI=1S/C26H30N4O6/c1-5-36-26(32)24-19-16-29(11-9-20(19)30(28-24)15-18-8-6-7-10-27-18)23(31)14-17-12-21(33-2)25(35-4)22(13-17)34-3/h6-8,10,12-13H,5,9,11,14-16H2,1-4H3. The van der Waals surface area contributed by atoms with E-state index < -0.39 is 5.97 Å². The fourth-order valence-corrected chi connectivity index (χ4v) is 4.37. The van der Waals surface area contributed by atoms with Gasteiger partial charge in [0.15, 0.2) is 17.2 Å². The SMILES string of the molecule is CCOC(=O)c1nn(Cc2ccccn2)c2c1CN(C(=O)Cc1cc(OC)c(OC)c(OC)c1)CC2. The lowest BCUT2D eigenvalue weighted by Crippen LogP contribution is -2.37. The molecule has 3 heterocycles. The number of amides is 1. The fourth-order valence-electron chi connectivity index (χ4n) is 4.37. The molecule has 0 bridgehead atoms. The number of ether oxygens (including phenoxy) is 4. The van der Waals surface area contributed by atoms with E-state index in [0.29, 0.717) is 42.3 Å². The number of benzene rings is 1. The third-order valence-corrected chi connectivity index (χ3v) is 6.07. The van der Waals surface area contributed by atoms with Crippen LogP contribution in [0.4, 0.5) is 0 Å². The van der Waals surface area contributed by atoms with Gasteiger partial charge in [-0.3, -0.25) is 14.5 Å². The average Bonchev–Trinajstić information content (AvgIpc) is 3.26. The molecule has 1 aromatic carbocycles. The number of carbonyl (C=O) groups excluding carboxylic acids is 2. The van der Waals surface area contributed by atoms with Crippen LogP contribution < -0.4 is 14.2 Å². The number of pyridine rings is 1. The third-order valence-electron chi connectivity index (χ3n) is 6.07. The first kappa shape index (κ1) is 25.0. The molecule has 1 aliphatic rings. The number of fused-ring (bicyclic) bond motifs is 1. The number of methoxy groups -OCH3 is 3. The second-order valence-electron chi connectivity index (χ2n) is 8.25. The van der Waals surface area contributed by atoms with Gasteiger partial charge in [0, 0.05) is 37.0 Å². The molecule has 0 radical (unpaired) electrons. The molecule has 0 fully saturated rings. The molecule has 190 valence electrons. The van der Waals surface area contributed by atoms with Crippen LogP contribution in [0, 0.1) is 0 Å². The maximum atomic E-state index is 13.3. The highest BCUT2D eigenvalue weighted by Crippen LogP contribution is 2.38. The van der Waals surface area contributed by atoms with Crippen LogP contribution in [0.1, 0.15) is 39.9 Å². The topological polar surface area (TPSA) is 105 Å². The van der Waals surface area contributed by atoms with Gasteiger partial charge in [-0.2, -0.15) is 5.10 Å². The summed E-state index contributed by atoms with van der Waals surface area (Å²) in [6, 6.07) is 9.21. The monoisotopic (exact) mass is 494 g/mol. The highest BCUT2D eigenvalue weighted by Gasteiger charge is 2.31. The van der Waals surface area contributed by atoms with Gasteiger partial charge in [0.25, 0.3) is 0 Å². The molecule has 0 spiro atoms. The van der Waals surface area contributed by atoms with Gasteiger partial charge in [-0.25, -0.2) is 4.79 Å². The summed E-state index contributed by atoms with van der Waals surface area (Å²) in [6.45, 7) is 3.20. The van der Waals surface area contributed by atoms with Crippen molar-refractivity contribution < 1.29 is 28.5 Å². The van der Waals surface area contributed by atoms with Crippen molar-refractivity contribution >= 4 is 11.9 Å². The predicted octanol–water partition coefficient (Wildman–Crippen LogP) is 2.66. The minimum absolute atomic E-state index is 0.0813. The number of nitrogens with zero attached hydrogens (tertiary/aromatic N) is 4. The van der Waals surface area contributed by atoms with E-state index in [2.05, 4.69) is 10.1 Å². The summed E-state index contributed by atoms with van der Waals surface area (Å²) in [7, 11) is 4.61. The highest BCUT2D eigenvalue weighted by atomic mass is 16.5. The van der Waals surface area contributed by atoms with Crippen molar-refractivity contribution in [2.75, 3.05) is 34.5 Å². The van der Waals surface area contributed by atoms with Crippen molar-refractivity contribution in [3.05, 3.63) is 64.7 Å². The van der Waals surface area contributed by atoms with E-state index in [0.717, 1.165) is 17.0 Å². The number of carbonyl (C=O) groups is 2. The van der Waals surface area contributed by atoms with E-state index in [-0.39, 0.29) is 31.2 Å². The van der Waals surface area contributed by atoms with Crippen molar-refractivity contribution in [2.45, 2.75) is 32.9 Å². The second kappa shape index (κ2) is 11.1. The van der Waals surface area contributed by atoms with Crippen molar-refractivity contribution in [1.82, 2.24) is 19.7 Å². The molecule has 10 heteroatoms. The third kappa shape index (κ3) is 5.12. The normalized spacial score (nSPS) is 12.6. The van der Waals surface area contributed by atoms with Gasteiger partial charge in [0.1, 0.15) is 0 Å². The Morgan fingerprint density at radius 1 is 1.06 bits per heavy atom. The minimum atomic E-state index is -0.493. The molecular weight excluding hydrogens is 464 g/mol. The van der Waals surface area contributed by atoms with E-state index >= 15 is 0 Å². The second-order valence-corrected chi connectivity index (χ2v) is 8.25. The van der Waals surface area contributed by atoms with Crippen LogP contribution in [0.2, 0.25) is 0 Å². The Labute approximate surface area is 209 Å². The molecule has 0 saturated carbocycles. The molecule has 36 heavy (non-hydrogen) atoms. The molecular formula is C26H30N4O6. The number of hydrogen-bond acceptors (Lipinski definition) is 8. The molecule has 0 saturated heterocycles. The van der Waals surface area contributed by atoms with Gasteiger partial charge < -0.3 is 23.8 Å². The molecule has 0 N–H and O–H groups in total. The van der Waals surface area contributed by atoms with Crippen molar-refractivity contribution in [3.63, 3.8) is 0 Å². The lowest BCUT2D eigenvalue weighted by atomic mass is 10.0. The molecule has 3 aromatic rings. The lowest BCUT2D eigenvalue weighted by Gasteiger charge is -2.28. The molecule has 1 amide bonds. The van der Waals surface area contributed by atoms with E-state index in [1.54, 1.807) is 34.8 Å². The molecule has 4 rings (SSSR count). The first-order valence-corrected chi connectivity index (χ1v) is 11.7. The van der Waals surface area contributed by atoms with Crippen LogP contribution in [0.5, 0.6) is 17.2 Å². The van der Waals surface area contributed by atoms with Crippen molar-refractivity contribution in [2.24, 2.45) is 0 Å². The van der Waals surface area contributed by atoms with Crippen LogP contribution in [0.15, 0.2) is 36.5 Å². The Kier molecular flexibility index (Phi) is 7.72. The van der Waals surface area contributed by atoms with Gasteiger partial charge in [-0.15, -0.1) is 0 Å². The summed E-state index contributed by atoms with van der Waals surface area (Å²) in [5, 5.41) is 4.57. The Bertz CT molecular complexity index is 1220. The first-order chi connectivity index (χ1) is 17.5. The van der Waals surface area contributed by atoms with E-state index in [1.165, 1.54) is 21.3 Å². The minimum Gasteiger partial charge on any atom is -0.493 e. The van der Waals surface area contributed by atoms with Gasteiger partial charge in [0.2, 0.25) is 11.7 Å². The van der Waals surface area contributed by atoms with Crippen molar-refractivity contribution in [3.8, 4) is 17.2 Å². The number of hydrogen-bond donors (Lipinski definition) is 0. The Morgan fingerprint density at radius 3 is 2.42 bits per heavy atom. The highest BCUT2D eigenvalue weighted by molar-refractivity contribution is 5.89. The molecule has 10 nitrogen and oxygen atoms in total. The van der Waals surface area contributed by atoms with Gasteiger partial charge in [-0.1, -0.05) is 6.07 Å². The summed E-state index contributed by atoms with van der Waals surface area (Å²) < 4.78 is 23.2. The summed E-state index contributed by atoms with van der Waals surface area (Å²) >= 11 is 0. The Hall–Kier alpha value is -4.08. The predicted molar refractivity (Wildman–Crippen MR) is 130 cm³/mol. The van der Waals surface area contributed by atoms with Crippen LogP contribution in [-0.2, 0) is 35.5 Å². The molecule has 0 aliphatic carbocycles. The first-order valence-electron chi connectivity index (χ1n) is 11.7. The zero-order valence-corrected chi connectivity index (χ0v) is 20.9. The smallest absolute Gasteiger partial charge is 0.359 e. The summed E-state index contributed by atoms with van der Waals surface area (Å²) in [5.74, 6) is 0.870. The number of rotatable bonds is 9. The molecule has 0 atom stereocenters. The molecule has 2 aromatic heterocycles. The van der Waals surface area contributed by atoms with Gasteiger partial charge >= 0.3 is 5.97 Å². The Balaban J connectivity index is 1.58. The lowest BCUT2D eigenvalue weighted by molar-refractivity contribution is -0.131. The summed E-state index contributed by atoms with van der Waals surface area (Å²) in [5.41, 5.74) is 3.44. The van der Waals surface area contributed by atoms with E-state index in [9.17, 15) is 9.59 Å². The summed E-state index contributed by atoms with van der Waals surface area (Å²) in [6.07, 6.45) is 2.43. The average molecular weight is 495 g/mol. The number of aromatic nitrogens is 3. The maximum absolute atomic E-state index is 13.3. The van der Waals surface area contributed by atoms with Crippen LogP contribution in [0.25, 0.3) is 0 Å².